The van der Waals surface area contributed by atoms with E-state index in [1.807, 2.05) is 0 Å². The van der Waals surface area contributed by atoms with E-state index >= 15 is 0 Å². The van der Waals surface area contributed by atoms with Gasteiger partial charge in [-0.3, -0.25) is 0 Å². The SMILES string of the molecule is c1ccc(-c2ccc(-c3ccc(N(c4ccc(-c5ccc(-c6ccccc6)c(-c6ccccc6)c5)cc4)c4ccc(-c5ccc6ccccc6c5)cc4)cc3)cc2)cc1. The Balaban J connectivity index is 1.00. The Labute approximate surface area is 346 Å². The number of nitrogens with zero attached hydrogens (tertiary/aromatic N) is 1. The Hall–Kier alpha value is -7.74. The van der Waals surface area contributed by atoms with Crippen LogP contribution in [-0.4, -0.2) is 0 Å². The van der Waals surface area contributed by atoms with Gasteiger partial charge in [0.1, 0.15) is 0 Å². The molecule has 1 nitrogen and oxygen atoms in total. The minimum atomic E-state index is 1.09. The van der Waals surface area contributed by atoms with Gasteiger partial charge >= 0.3 is 0 Å². The minimum Gasteiger partial charge on any atom is -0.311 e. The molecule has 0 N–H and O–H groups in total. The Morgan fingerprint density at radius 3 is 1.00 bits per heavy atom. The second-order valence-corrected chi connectivity index (χ2v) is 15.0. The summed E-state index contributed by atoms with van der Waals surface area (Å²) in [6.45, 7) is 0. The van der Waals surface area contributed by atoms with E-state index in [4.69, 9.17) is 0 Å². The van der Waals surface area contributed by atoms with Gasteiger partial charge in [0.15, 0.2) is 0 Å². The molecular weight excluding hydrogens is 711 g/mol. The van der Waals surface area contributed by atoms with Gasteiger partial charge in [-0.15, -0.1) is 0 Å². The molecule has 10 rings (SSSR count). The smallest absolute Gasteiger partial charge is 0.0462 e. The first kappa shape index (κ1) is 35.7. The summed E-state index contributed by atoms with van der Waals surface area (Å²) in [4.78, 5) is 2.35. The van der Waals surface area contributed by atoms with Crippen molar-refractivity contribution in [1.82, 2.24) is 0 Å². The Morgan fingerprint density at radius 1 is 0.186 bits per heavy atom. The standard InChI is InChI=1S/C58H41N/c1-4-12-42(13-5-1)44-20-22-45(23-21-44)46-26-33-54(34-27-46)59(55-35-28-47(29-36-55)52-25-24-43-14-10-11-19-51(43)40-52)56-37-30-48(31-38-56)53-32-39-57(49-15-6-2-7-16-49)58(41-53)50-17-8-3-9-18-50/h1-41H. The molecule has 0 bridgehead atoms. The van der Waals surface area contributed by atoms with Crippen molar-refractivity contribution < 1.29 is 0 Å². The minimum absolute atomic E-state index is 1.09. The van der Waals surface area contributed by atoms with E-state index in [-0.39, 0.29) is 0 Å². The van der Waals surface area contributed by atoms with Crippen molar-refractivity contribution in [3.05, 3.63) is 249 Å². The van der Waals surface area contributed by atoms with Crippen LogP contribution in [0.3, 0.4) is 0 Å². The maximum Gasteiger partial charge on any atom is 0.0462 e. The van der Waals surface area contributed by atoms with Crippen LogP contribution in [0.25, 0.3) is 77.5 Å². The van der Waals surface area contributed by atoms with Gasteiger partial charge in [0.05, 0.1) is 0 Å². The lowest BCUT2D eigenvalue weighted by molar-refractivity contribution is 1.28. The third-order valence-corrected chi connectivity index (χ3v) is 11.3. The van der Waals surface area contributed by atoms with Crippen LogP contribution >= 0.6 is 0 Å². The zero-order chi connectivity index (χ0) is 39.4. The summed E-state index contributed by atoms with van der Waals surface area (Å²) in [5, 5.41) is 2.50. The van der Waals surface area contributed by atoms with Crippen molar-refractivity contribution in [2.75, 3.05) is 4.90 Å². The monoisotopic (exact) mass is 751 g/mol. The van der Waals surface area contributed by atoms with Crippen molar-refractivity contribution in [1.29, 1.82) is 0 Å². The van der Waals surface area contributed by atoms with Gasteiger partial charge in [0, 0.05) is 17.1 Å². The summed E-state index contributed by atoms with van der Waals surface area (Å²) in [6.07, 6.45) is 0. The zero-order valence-electron chi connectivity index (χ0n) is 32.6. The van der Waals surface area contributed by atoms with Crippen molar-refractivity contribution >= 4 is 27.8 Å². The maximum atomic E-state index is 2.35. The third kappa shape index (κ3) is 7.46. The van der Waals surface area contributed by atoms with E-state index in [0.717, 1.165) is 17.1 Å². The lowest BCUT2D eigenvalue weighted by Crippen LogP contribution is -2.09. The average Bonchev–Trinajstić information content (AvgIpc) is 3.33. The average molecular weight is 752 g/mol. The van der Waals surface area contributed by atoms with Gasteiger partial charge in [-0.05, 0) is 126 Å². The molecule has 10 aromatic rings. The normalized spacial score (nSPS) is 11.1. The molecule has 10 aromatic carbocycles. The van der Waals surface area contributed by atoms with Gasteiger partial charge in [-0.2, -0.15) is 0 Å². The summed E-state index contributed by atoms with van der Waals surface area (Å²) in [6, 6.07) is 89.7. The first-order chi connectivity index (χ1) is 29.2. The molecule has 0 saturated carbocycles. The number of rotatable bonds is 9. The second kappa shape index (κ2) is 16.0. The molecule has 0 fully saturated rings. The summed E-state index contributed by atoms with van der Waals surface area (Å²) < 4.78 is 0. The first-order valence-corrected chi connectivity index (χ1v) is 20.2. The fraction of sp³-hybridized carbons (Fsp3) is 0. The largest absolute Gasteiger partial charge is 0.311 e. The number of fused-ring (bicyclic) bond motifs is 1. The van der Waals surface area contributed by atoms with E-state index in [1.54, 1.807) is 0 Å². The van der Waals surface area contributed by atoms with E-state index in [1.165, 1.54) is 77.5 Å². The molecule has 278 valence electrons. The molecule has 0 aliphatic rings. The number of anilines is 3. The lowest BCUT2D eigenvalue weighted by atomic mass is 9.91. The van der Waals surface area contributed by atoms with Gasteiger partial charge in [-0.1, -0.05) is 200 Å². The topological polar surface area (TPSA) is 3.24 Å². The Bertz CT molecular complexity index is 2970. The molecule has 0 aliphatic carbocycles. The Kier molecular flexibility index (Phi) is 9.68. The van der Waals surface area contributed by atoms with E-state index < -0.39 is 0 Å². The van der Waals surface area contributed by atoms with Crippen molar-refractivity contribution in [3.8, 4) is 66.8 Å². The van der Waals surface area contributed by atoms with Crippen LogP contribution in [-0.2, 0) is 0 Å². The number of hydrogen-bond donors (Lipinski definition) is 0. The van der Waals surface area contributed by atoms with Crippen LogP contribution in [0.15, 0.2) is 249 Å². The predicted octanol–water partition coefficient (Wildman–Crippen LogP) is 16.3. The highest BCUT2D eigenvalue weighted by Crippen LogP contribution is 2.40. The van der Waals surface area contributed by atoms with Crippen LogP contribution in [0.4, 0.5) is 17.1 Å². The quantitative estimate of drug-likeness (QED) is 0.142. The molecule has 0 saturated heterocycles. The lowest BCUT2D eigenvalue weighted by Gasteiger charge is -2.26. The molecule has 0 amide bonds. The maximum absolute atomic E-state index is 2.35. The van der Waals surface area contributed by atoms with Crippen LogP contribution in [0.1, 0.15) is 0 Å². The van der Waals surface area contributed by atoms with Gasteiger partial charge in [0.25, 0.3) is 0 Å². The van der Waals surface area contributed by atoms with Crippen LogP contribution in [0, 0.1) is 0 Å². The number of hydrogen-bond acceptors (Lipinski definition) is 1. The van der Waals surface area contributed by atoms with Crippen molar-refractivity contribution in [3.63, 3.8) is 0 Å². The molecule has 0 unspecified atom stereocenters. The van der Waals surface area contributed by atoms with Crippen molar-refractivity contribution in [2.45, 2.75) is 0 Å². The van der Waals surface area contributed by atoms with E-state index in [9.17, 15) is 0 Å². The predicted molar refractivity (Wildman–Crippen MR) is 251 cm³/mol. The molecule has 0 spiro atoms. The summed E-state index contributed by atoms with van der Waals surface area (Å²) in [7, 11) is 0. The molecule has 0 atom stereocenters. The van der Waals surface area contributed by atoms with Gasteiger partial charge in [-0.25, -0.2) is 0 Å². The highest BCUT2D eigenvalue weighted by atomic mass is 15.1. The van der Waals surface area contributed by atoms with Crippen LogP contribution < -0.4 is 4.90 Å². The molecular formula is C58H41N. The number of benzene rings is 10. The molecule has 1 heteroatoms. The van der Waals surface area contributed by atoms with Crippen LogP contribution in [0.5, 0.6) is 0 Å². The zero-order valence-corrected chi connectivity index (χ0v) is 32.6. The fourth-order valence-electron chi connectivity index (χ4n) is 8.16. The fourth-order valence-corrected chi connectivity index (χ4v) is 8.16. The van der Waals surface area contributed by atoms with Crippen molar-refractivity contribution in [2.24, 2.45) is 0 Å². The Morgan fingerprint density at radius 2 is 0.508 bits per heavy atom. The molecule has 0 radical (unpaired) electrons. The molecule has 0 heterocycles. The summed E-state index contributed by atoms with van der Waals surface area (Å²) >= 11 is 0. The van der Waals surface area contributed by atoms with Gasteiger partial charge < -0.3 is 4.90 Å². The first-order valence-electron chi connectivity index (χ1n) is 20.2. The third-order valence-electron chi connectivity index (χ3n) is 11.3. The summed E-state index contributed by atoms with van der Waals surface area (Å²) in [5.41, 5.74) is 17.7. The highest BCUT2D eigenvalue weighted by Gasteiger charge is 2.15. The van der Waals surface area contributed by atoms with Gasteiger partial charge in [0.2, 0.25) is 0 Å². The summed E-state index contributed by atoms with van der Waals surface area (Å²) in [5.74, 6) is 0. The molecule has 59 heavy (non-hydrogen) atoms. The van der Waals surface area contributed by atoms with Crippen LogP contribution in [0.2, 0.25) is 0 Å². The second-order valence-electron chi connectivity index (χ2n) is 15.0. The molecule has 0 aliphatic heterocycles. The molecule has 0 aromatic heterocycles. The van der Waals surface area contributed by atoms with E-state index in [2.05, 4.69) is 254 Å². The van der Waals surface area contributed by atoms with E-state index in [0.29, 0.717) is 0 Å². The highest BCUT2D eigenvalue weighted by molar-refractivity contribution is 5.89.